The van der Waals surface area contributed by atoms with E-state index in [9.17, 15) is 9.18 Å². The number of halogens is 2. The first-order chi connectivity index (χ1) is 7.54. The summed E-state index contributed by atoms with van der Waals surface area (Å²) in [6, 6.07) is 4.51. The van der Waals surface area contributed by atoms with Crippen LogP contribution in [0.25, 0.3) is 5.57 Å². The first kappa shape index (κ1) is 12.9. The topological polar surface area (TPSA) is 37.3 Å². The van der Waals surface area contributed by atoms with Crippen molar-refractivity contribution in [3.05, 3.63) is 40.1 Å². The fraction of sp³-hybridized carbons (Fsp3) is 0.250. The molecule has 16 heavy (non-hydrogen) atoms. The highest BCUT2D eigenvalue weighted by molar-refractivity contribution is 9.10. The third kappa shape index (κ3) is 3.45. The minimum absolute atomic E-state index is 0.346. The van der Waals surface area contributed by atoms with E-state index in [1.165, 1.54) is 6.07 Å². The van der Waals surface area contributed by atoms with Crippen LogP contribution in [0.1, 0.15) is 25.3 Å². The van der Waals surface area contributed by atoms with Crippen LogP contribution < -0.4 is 0 Å². The Bertz CT molecular complexity index is 427. The van der Waals surface area contributed by atoms with Crippen molar-refractivity contribution in [1.82, 2.24) is 0 Å². The number of hydrogen-bond donors (Lipinski definition) is 1. The van der Waals surface area contributed by atoms with Crippen LogP contribution in [0.5, 0.6) is 0 Å². The van der Waals surface area contributed by atoms with Crippen molar-refractivity contribution in [1.29, 1.82) is 0 Å². The van der Waals surface area contributed by atoms with Crippen LogP contribution in [0.15, 0.2) is 28.7 Å². The number of carboxylic acids is 1. The zero-order valence-electron chi connectivity index (χ0n) is 8.84. The van der Waals surface area contributed by atoms with Crippen LogP contribution in [0.2, 0.25) is 0 Å². The molecule has 0 aliphatic rings. The highest BCUT2D eigenvalue weighted by Gasteiger charge is 2.09. The zero-order chi connectivity index (χ0) is 12.1. The van der Waals surface area contributed by atoms with Gasteiger partial charge in [-0.25, -0.2) is 9.18 Å². The van der Waals surface area contributed by atoms with E-state index in [1.54, 1.807) is 12.1 Å². The molecule has 1 aromatic carbocycles. The number of allylic oxidation sites excluding steroid dienone is 1. The average Bonchev–Trinajstić information content (AvgIpc) is 2.20. The van der Waals surface area contributed by atoms with E-state index in [2.05, 4.69) is 15.9 Å². The Morgan fingerprint density at radius 1 is 1.56 bits per heavy atom. The van der Waals surface area contributed by atoms with Gasteiger partial charge in [0, 0.05) is 16.1 Å². The van der Waals surface area contributed by atoms with Crippen molar-refractivity contribution in [2.45, 2.75) is 19.8 Å². The monoisotopic (exact) mass is 286 g/mol. The fourth-order valence-electron chi connectivity index (χ4n) is 1.45. The number of benzene rings is 1. The van der Waals surface area contributed by atoms with E-state index in [-0.39, 0.29) is 0 Å². The average molecular weight is 287 g/mol. The van der Waals surface area contributed by atoms with Crippen LogP contribution in [0, 0.1) is 5.82 Å². The maximum absolute atomic E-state index is 13.5. The molecule has 1 rings (SSSR count). The summed E-state index contributed by atoms with van der Waals surface area (Å²) in [6.07, 6.45) is 2.37. The van der Waals surface area contributed by atoms with Gasteiger partial charge < -0.3 is 5.11 Å². The van der Waals surface area contributed by atoms with Crippen molar-refractivity contribution >= 4 is 27.5 Å². The fourth-order valence-corrected chi connectivity index (χ4v) is 1.81. The molecule has 86 valence electrons. The largest absolute Gasteiger partial charge is 0.478 e. The number of carboxylic acid groups (broad SMARTS) is 1. The molecule has 1 N–H and O–H groups in total. The van der Waals surface area contributed by atoms with Crippen LogP contribution in [-0.2, 0) is 4.79 Å². The molecule has 0 aromatic heterocycles. The maximum atomic E-state index is 13.5. The van der Waals surface area contributed by atoms with Gasteiger partial charge in [-0.2, -0.15) is 0 Å². The molecule has 0 amide bonds. The molecule has 0 radical (unpaired) electrons. The summed E-state index contributed by atoms with van der Waals surface area (Å²) in [4.78, 5) is 10.6. The SMILES string of the molecule is CCC/C(=C\C(=O)O)c1cc(Br)ccc1F. The molecule has 0 spiro atoms. The predicted octanol–water partition coefficient (Wildman–Crippen LogP) is 3.86. The number of carbonyl (C=O) groups is 1. The Morgan fingerprint density at radius 2 is 2.25 bits per heavy atom. The lowest BCUT2D eigenvalue weighted by Crippen LogP contribution is -1.95. The molecule has 0 fully saturated rings. The van der Waals surface area contributed by atoms with Gasteiger partial charge in [-0.05, 0) is 30.2 Å². The Hall–Kier alpha value is -1.16. The van der Waals surface area contributed by atoms with Crippen molar-refractivity contribution in [3.63, 3.8) is 0 Å². The van der Waals surface area contributed by atoms with Crippen LogP contribution >= 0.6 is 15.9 Å². The molecule has 0 saturated heterocycles. The summed E-state index contributed by atoms with van der Waals surface area (Å²) in [5, 5.41) is 8.72. The lowest BCUT2D eigenvalue weighted by atomic mass is 10.0. The van der Waals surface area contributed by atoms with Gasteiger partial charge in [-0.3, -0.25) is 0 Å². The minimum Gasteiger partial charge on any atom is -0.478 e. The molecule has 0 aliphatic heterocycles. The van der Waals surface area contributed by atoms with E-state index >= 15 is 0 Å². The summed E-state index contributed by atoms with van der Waals surface area (Å²) in [5.41, 5.74) is 0.854. The van der Waals surface area contributed by atoms with Crippen molar-refractivity contribution < 1.29 is 14.3 Å². The second kappa shape index (κ2) is 5.80. The zero-order valence-corrected chi connectivity index (χ0v) is 10.4. The van der Waals surface area contributed by atoms with E-state index in [1.807, 2.05) is 6.92 Å². The smallest absolute Gasteiger partial charge is 0.328 e. The third-order valence-electron chi connectivity index (χ3n) is 2.09. The molecule has 0 heterocycles. The van der Waals surface area contributed by atoms with Crippen LogP contribution in [0.3, 0.4) is 0 Å². The summed E-state index contributed by atoms with van der Waals surface area (Å²) in [6.45, 7) is 1.92. The Kier molecular flexibility index (Phi) is 4.68. The van der Waals surface area contributed by atoms with Gasteiger partial charge in [-0.15, -0.1) is 0 Å². The summed E-state index contributed by atoms with van der Waals surface area (Å²) in [7, 11) is 0. The van der Waals surface area contributed by atoms with Crippen LogP contribution in [-0.4, -0.2) is 11.1 Å². The first-order valence-electron chi connectivity index (χ1n) is 4.93. The highest BCUT2D eigenvalue weighted by Crippen LogP contribution is 2.25. The highest BCUT2D eigenvalue weighted by atomic mass is 79.9. The molecule has 0 saturated carbocycles. The molecule has 0 unspecified atom stereocenters. The van der Waals surface area contributed by atoms with Crippen LogP contribution in [0.4, 0.5) is 4.39 Å². The molecule has 0 aliphatic carbocycles. The summed E-state index contributed by atoms with van der Waals surface area (Å²) < 4.78 is 14.3. The van der Waals surface area contributed by atoms with E-state index in [0.717, 1.165) is 17.0 Å². The molecular weight excluding hydrogens is 275 g/mol. The second-order valence-corrected chi connectivity index (χ2v) is 4.30. The minimum atomic E-state index is -1.05. The van der Waals surface area contributed by atoms with Gasteiger partial charge in [0.2, 0.25) is 0 Å². The van der Waals surface area contributed by atoms with Crippen molar-refractivity contribution in [3.8, 4) is 0 Å². The van der Waals surface area contributed by atoms with E-state index in [0.29, 0.717) is 17.6 Å². The third-order valence-corrected chi connectivity index (χ3v) is 2.58. The molecule has 1 aromatic rings. The Balaban J connectivity index is 3.20. The van der Waals surface area contributed by atoms with E-state index in [4.69, 9.17) is 5.11 Å². The lowest BCUT2D eigenvalue weighted by Gasteiger charge is -2.07. The van der Waals surface area contributed by atoms with Gasteiger partial charge in [0.1, 0.15) is 5.82 Å². The molecule has 0 atom stereocenters. The van der Waals surface area contributed by atoms with Gasteiger partial charge >= 0.3 is 5.97 Å². The summed E-state index contributed by atoms with van der Waals surface area (Å²) in [5.74, 6) is -1.45. The van der Waals surface area contributed by atoms with Gasteiger partial charge in [-0.1, -0.05) is 29.3 Å². The first-order valence-corrected chi connectivity index (χ1v) is 5.72. The van der Waals surface area contributed by atoms with Crippen molar-refractivity contribution in [2.75, 3.05) is 0 Å². The number of rotatable bonds is 4. The molecule has 4 heteroatoms. The predicted molar refractivity (Wildman–Crippen MR) is 64.6 cm³/mol. The second-order valence-electron chi connectivity index (χ2n) is 3.38. The molecule has 0 bridgehead atoms. The Labute approximate surface area is 102 Å². The van der Waals surface area contributed by atoms with Crippen molar-refractivity contribution in [2.24, 2.45) is 0 Å². The van der Waals surface area contributed by atoms with E-state index < -0.39 is 11.8 Å². The van der Waals surface area contributed by atoms with Gasteiger partial charge in [0.25, 0.3) is 0 Å². The normalized spacial score (nSPS) is 11.6. The maximum Gasteiger partial charge on any atom is 0.328 e. The quantitative estimate of drug-likeness (QED) is 0.854. The standard InChI is InChI=1S/C12H12BrFO2/c1-2-3-8(6-12(15)16)10-7-9(13)4-5-11(10)14/h4-7H,2-3H2,1H3,(H,15,16)/b8-6+. The number of hydrogen-bond acceptors (Lipinski definition) is 1. The summed E-state index contributed by atoms with van der Waals surface area (Å²) >= 11 is 3.24. The number of aliphatic carboxylic acids is 1. The Morgan fingerprint density at radius 3 is 2.81 bits per heavy atom. The molecule has 2 nitrogen and oxygen atoms in total. The van der Waals surface area contributed by atoms with Gasteiger partial charge in [0.05, 0.1) is 0 Å². The molecular formula is C12H12BrFO2. The lowest BCUT2D eigenvalue weighted by molar-refractivity contribution is -0.131. The van der Waals surface area contributed by atoms with Gasteiger partial charge in [0.15, 0.2) is 0 Å².